The molecule has 0 bridgehead atoms. The van der Waals surface area contributed by atoms with Gasteiger partial charge in [-0.1, -0.05) is 35.0 Å². The molecule has 75 valence electrons. The number of hydrogen-bond acceptors (Lipinski definition) is 3. The summed E-state index contributed by atoms with van der Waals surface area (Å²) >= 11 is 13.1. The Balaban J connectivity index is 2.22. The van der Waals surface area contributed by atoms with Crippen molar-refractivity contribution < 1.29 is 0 Å². The van der Waals surface area contributed by atoms with Crippen LogP contribution in [-0.4, -0.2) is 9.97 Å². The maximum Gasteiger partial charge on any atom is 0.198 e. The summed E-state index contributed by atoms with van der Waals surface area (Å²) in [5, 5.41) is 1.92. The number of halogens is 2. The summed E-state index contributed by atoms with van der Waals surface area (Å²) in [6, 6.07) is 7.46. The van der Waals surface area contributed by atoms with E-state index in [1.54, 1.807) is 0 Å². The number of aromatic nitrogens is 2. The summed E-state index contributed by atoms with van der Waals surface area (Å²) in [6.45, 7) is 0. The number of rotatable bonds is 2. The molecule has 5 heteroatoms. The van der Waals surface area contributed by atoms with E-state index >= 15 is 0 Å². The highest BCUT2D eigenvalue weighted by Gasteiger charge is 2.03. The highest BCUT2D eigenvalue weighted by Crippen LogP contribution is 2.30. The van der Waals surface area contributed by atoms with E-state index in [4.69, 9.17) is 23.2 Å². The first kappa shape index (κ1) is 10.7. The monoisotopic (exact) mass is 255 g/mol. The molecule has 0 spiro atoms. The van der Waals surface area contributed by atoms with Gasteiger partial charge >= 0.3 is 0 Å². The summed E-state index contributed by atoms with van der Waals surface area (Å²) in [5.74, 6) is 0. The van der Waals surface area contributed by atoms with E-state index in [-0.39, 0.29) is 0 Å². The van der Waals surface area contributed by atoms with Crippen LogP contribution in [0.15, 0.2) is 40.4 Å². The molecule has 0 saturated heterocycles. The van der Waals surface area contributed by atoms with Crippen LogP contribution < -0.4 is 0 Å². The zero-order valence-corrected chi connectivity index (χ0v) is 9.77. The minimum absolute atomic E-state index is 0.522. The van der Waals surface area contributed by atoms with Crippen LogP contribution in [0.2, 0.25) is 10.0 Å². The molecule has 1 aromatic carbocycles. The largest absolute Gasteiger partial charge is 0.232 e. The van der Waals surface area contributed by atoms with Crippen LogP contribution in [0, 0.1) is 6.33 Å². The second-order valence-electron chi connectivity index (χ2n) is 2.68. The van der Waals surface area contributed by atoms with Gasteiger partial charge in [0.25, 0.3) is 0 Å². The predicted molar refractivity (Wildman–Crippen MR) is 61.5 cm³/mol. The fourth-order valence-corrected chi connectivity index (χ4v) is 2.02. The van der Waals surface area contributed by atoms with Gasteiger partial charge in [-0.15, -0.1) is 0 Å². The lowest BCUT2D eigenvalue weighted by Gasteiger charge is -2.01. The van der Waals surface area contributed by atoms with Gasteiger partial charge in [-0.25, -0.2) is 9.97 Å². The van der Waals surface area contributed by atoms with E-state index in [2.05, 4.69) is 16.3 Å². The van der Waals surface area contributed by atoms with E-state index < -0.39 is 0 Å². The number of benzene rings is 1. The Morgan fingerprint density at radius 1 is 1.13 bits per heavy atom. The third kappa shape index (κ3) is 2.84. The Bertz CT molecular complexity index is 459. The minimum atomic E-state index is 0.522. The molecule has 0 amide bonds. The molecule has 1 aromatic heterocycles. The summed E-state index contributed by atoms with van der Waals surface area (Å²) in [7, 11) is 0. The molecular formula is C10H5Cl2N2S. The maximum atomic E-state index is 5.91. The van der Waals surface area contributed by atoms with E-state index in [1.807, 2.05) is 24.3 Å². The Morgan fingerprint density at radius 2 is 1.87 bits per heavy atom. The average Bonchev–Trinajstić information content (AvgIpc) is 2.25. The smallest absolute Gasteiger partial charge is 0.198 e. The van der Waals surface area contributed by atoms with Crippen molar-refractivity contribution >= 4 is 35.0 Å². The van der Waals surface area contributed by atoms with Crippen LogP contribution >= 0.6 is 35.0 Å². The van der Waals surface area contributed by atoms with Crippen molar-refractivity contribution in [3.63, 3.8) is 0 Å². The van der Waals surface area contributed by atoms with Gasteiger partial charge in [0.1, 0.15) is 5.03 Å². The molecule has 0 atom stereocenters. The fraction of sp³-hybridized carbons (Fsp3) is 0. The molecule has 0 aliphatic carbocycles. The molecule has 0 aliphatic rings. The first-order valence-electron chi connectivity index (χ1n) is 4.08. The summed E-state index contributed by atoms with van der Waals surface area (Å²) in [5.41, 5.74) is 0. The molecular weight excluding hydrogens is 251 g/mol. The lowest BCUT2D eigenvalue weighted by molar-refractivity contribution is 1.03. The second-order valence-corrected chi connectivity index (χ2v) is 4.58. The lowest BCUT2D eigenvalue weighted by atomic mass is 10.4. The summed E-state index contributed by atoms with van der Waals surface area (Å²) in [6.07, 6.45) is 4.02. The molecule has 2 nitrogen and oxygen atoms in total. The second kappa shape index (κ2) is 4.84. The first-order valence-corrected chi connectivity index (χ1v) is 5.65. The van der Waals surface area contributed by atoms with Crippen molar-refractivity contribution in [3.05, 3.63) is 46.8 Å². The van der Waals surface area contributed by atoms with E-state index in [0.717, 1.165) is 4.90 Å². The van der Waals surface area contributed by atoms with Gasteiger partial charge in [0.05, 0.1) is 11.2 Å². The Hall–Kier alpha value is -0.770. The highest BCUT2D eigenvalue weighted by atomic mass is 35.5. The van der Waals surface area contributed by atoms with Crippen molar-refractivity contribution in [2.75, 3.05) is 0 Å². The SMILES string of the molecule is Clc1ccc(Sc2n[c]ncc2Cl)cc1. The molecule has 0 unspecified atom stereocenters. The zero-order valence-electron chi connectivity index (χ0n) is 7.45. The van der Waals surface area contributed by atoms with Gasteiger partial charge in [0, 0.05) is 9.92 Å². The third-order valence-corrected chi connectivity index (χ3v) is 3.27. The quantitative estimate of drug-likeness (QED) is 0.765. The molecule has 15 heavy (non-hydrogen) atoms. The van der Waals surface area contributed by atoms with Crippen LogP contribution in [0.4, 0.5) is 0 Å². The molecule has 1 radical (unpaired) electrons. The van der Waals surface area contributed by atoms with Gasteiger partial charge in [0.15, 0.2) is 6.33 Å². The van der Waals surface area contributed by atoms with E-state index in [1.165, 1.54) is 18.0 Å². The molecule has 0 N–H and O–H groups in total. The Kier molecular flexibility index (Phi) is 3.46. The summed E-state index contributed by atoms with van der Waals surface area (Å²) in [4.78, 5) is 8.68. The van der Waals surface area contributed by atoms with Gasteiger partial charge in [-0.05, 0) is 24.3 Å². The normalized spacial score (nSPS) is 10.3. The van der Waals surface area contributed by atoms with Gasteiger partial charge < -0.3 is 0 Å². The molecule has 2 aromatic rings. The topological polar surface area (TPSA) is 25.8 Å². The van der Waals surface area contributed by atoms with Crippen molar-refractivity contribution in [1.29, 1.82) is 0 Å². The van der Waals surface area contributed by atoms with Crippen LogP contribution in [0.3, 0.4) is 0 Å². The molecule has 2 rings (SSSR count). The molecule has 0 saturated carbocycles. The fourth-order valence-electron chi connectivity index (χ4n) is 0.954. The maximum absolute atomic E-state index is 5.91. The van der Waals surface area contributed by atoms with E-state index in [0.29, 0.717) is 15.1 Å². The molecule has 0 aliphatic heterocycles. The lowest BCUT2D eigenvalue weighted by Crippen LogP contribution is -1.83. The third-order valence-electron chi connectivity index (χ3n) is 1.62. The molecule has 1 heterocycles. The Morgan fingerprint density at radius 3 is 2.53 bits per heavy atom. The predicted octanol–water partition coefficient (Wildman–Crippen LogP) is 3.73. The van der Waals surface area contributed by atoms with Gasteiger partial charge in [-0.2, -0.15) is 0 Å². The van der Waals surface area contributed by atoms with Gasteiger partial charge in [0.2, 0.25) is 0 Å². The first-order chi connectivity index (χ1) is 7.25. The van der Waals surface area contributed by atoms with Crippen LogP contribution in [-0.2, 0) is 0 Å². The highest BCUT2D eigenvalue weighted by molar-refractivity contribution is 7.99. The van der Waals surface area contributed by atoms with Crippen molar-refractivity contribution in [3.8, 4) is 0 Å². The van der Waals surface area contributed by atoms with Crippen molar-refractivity contribution in [2.45, 2.75) is 9.92 Å². The van der Waals surface area contributed by atoms with E-state index in [9.17, 15) is 0 Å². The zero-order chi connectivity index (χ0) is 10.7. The minimum Gasteiger partial charge on any atom is -0.232 e. The summed E-state index contributed by atoms with van der Waals surface area (Å²) < 4.78 is 0. The number of hydrogen-bond donors (Lipinski definition) is 0. The standard InChI is InChI=1S/C10H5Cl2N2S/c11-7-1-3-8(4-2-7)15-10-9(12)5-13-6-14-10/h1-5H. The van der Waals surface area contributed by atoms with Crippen molar-refractivity contribution in [1.82, 2.24) is 9.97 Å². The van der Waals surface area contributed by atoms with Crippen LogP contribution in [0.25, 0.3) is 0 Å². The Labute approximate surface area is 102 Å². The molecule has 0 fully saturated rings. The van der Waals surface area contributed by atoms with Crippen LogP contribution in [0.1, 0.15) is 0 Å². The van der Waals surface area contributed by atoms with Crippen molar-refractivity contribution in [2.24, 2.45) is 0 Å². The van der Waals surface area contributed by atoms with Crippen LogP contribution in [0.5, 0.6) is 0 Å². The van der Waals surface area contributed by atoms with Gasteiger partial charge in [-0.3, -0.25) is 0 Å². The average molecular weight is 256 g/mol. The number of nitrogens with zero attached hydrogens (tertiary/aromatic N) is 2.